The lowest BCUT2D eigenvalue weighted by Gasteiger charge is -2.31. The van der Waals surface area contributed by atoms with E-state index in [1.807, 2.05) is 0 Å². The molecule has 0 aromatic heterocycles. The van der Waals surface area contributed by atoms with Gasteiger partial charge in [0.15, 0.2) is 0 Å². The standard InChI is InChI=1S/C10H16N2O3/c1-11-8(13)9(14)12(10(11)15)7-5-3-2-4-6-7/h7,9,14H,2-6H2,1H3. The van der Waals surface area contributed by atoms with Crippen molar-refractivity contribution in [2.45, 2.75) is 44.4 Å². The summed E-state index contributed by atoms with van der Waals surface area (Å²) in [5.74, 6) is -0.509. The predicted molar refractivity (Wildman–Crippen MR) is 52.9 cm³/mol. The Kier molecular flexibility index (Phi) is 2.65. The molecule has 0 aromatic rings. The van der Waals surface area contributed by atoms with Crippen LogP contribution in [0, 0.1) is 0 Å². The highest BCUT2D eigenvalue weighted by molar-refractivity contribution is 6.03. The molecule has 1 unspecified atom stereocenters. The van der Waals surface area contributed by atoms with Crippen molar-refractivity contribution in [2.24, 2.45) is 0 Å². The summed E-state index contributed by atoms with van der Waals surface area (Å²) in [6, 6.07) is -0.324. The van der Waals surface area contributed by atoms with Crippen molar-refractivity contribution in [1.82, 2.24) is 9.80 Å². The van der Waals surface area contributed by atoms with E-state index in [0.29, 0.717) is 0 Å². The number of amides is 3. The molecule has 1 heterocycles. The van der Waals surface area contributed by atoms with Crippen LogP contribution in [0.15, 0.2) is 0 Å². The molecule has 1 atom stereocenters. The Hall–Kier alpha value is -1.10. The summed E-state index contributed by atoms with van der Waals surface area (Å²) in [7, 11) is 1.41. The fourth-order valence-electron chi connectivity index (χ4n) is 2.38. The molecule has 0 spiro atoms. The Balaban J connectivity index is 2.14. The highest BCUT2D eigenvalue weighted by Crippen LogP contribution is 2.27. The van der Waals surface area contributed by atoms with Gasteiger partial charge in [0.05, 0.1) is 0 Å². The average Bonchev–Trinajstić information content (AvgIpc) is 2.45. The molecule has 2 fully saturated rings. The number of carbonyl (C=O) groups is 2. The van der Waals surface area contributed by atoms with Gasteiger partial charge in [-0.25, -0.2) is 4.79 Å². The third-order valence-corrected chi connectivity index (χ3v) is 3.29. The second-order valence-electron chi connectivity index (χ2n) is 4.25. The lowest BCUT2D eigenvalue weighted by molar-refractivity contribution is -0.137. The first-order valence-electron chi connectivity index (χ1n) is 5.41. The maximum Gasteiger partial charge on any atom is 0.329 e. The van der Waals surface area contributed by atoms with Crippen LogP contribution in [0.3, 0.4) is 0 Å². The Morgan fingerprint density at radius 1 is 1.20 bits per heavy atom. The van der Waals surface area contributed by atoms with Gasteiger partial charge in [0.1, 0.15) is 0 Å². The number of aliphatic hydroxyl groups is 1. The van der Waals surface area contributed by atoms with Gasteiger partial charge in [-0.3, -0.25) is 14.6 Å². The molecule has 0 radical (unpaired) electrons. The zero-order valence-corrected chi connectivity index (χ0v) is 8.85. The van der Waals surface area contributed by atoms with Gasteiger partial charge in [-0.15, -0.1) is 0 Å². The molecule has 1 aliphatic heterocycles. The summed E-state index contributed by atoms with van der Waals surface area (Å²) >= 11 is 0. The Bertz CT molecular complexity index is 286. The smallest absolute Gasteiger partial charge is 0.329 e. The first-order valence-corrected chi connectivity index (χ1v) is 5.41. The van der Waals surface area contributed by atoms with Crippen LogP contribution in [0.4, 0.5) is 4.79 Å². The Labute approximate surface area is 88.6 Å². The fourth-order valence-corrected chi connectivity index (χ4v) is 2.38. The number of carbonyl (C=O) groups excluding carboxylic acids is 2. The molecule has 5 heteroatoms. The van der Waals surface area contributed by atoms with Crippen LogP contribution in [-0.4, -0.2) is 46.2 Å². The summed E-state index contributed by atoms with van der Waals surface area (Å²) in [4.78, 5) is 25.4. The summed E-state index contributed by atoms with van der Waals surface area (Å²) < 4.78 is 0. The maximum atomic E-state index is 11.7. The van der Waals surface area contributed by atoms with E-state index in [1.165, 1.54) is 18.4 Å². The number of likely N-dealkylation sites (N-methyl/N-ethyl adjacent to an activating group) is 1. The van der Waals surface area contributed by atoms with Gasteiger partial charge in [-0.1, -0.05) is 19.3 Å². The van der Waals surface area contributed by atoms with Crippen molar-refractivity contribution in [1.29, 1.82) is 0 Å². The van der Waals surface area contributed by atoms with Crippen LogP contribution in [0.2, 0.25) is 0 Å². The van der Waals surface area contributed by atoms with Crippen LogP contribution in [0.5, 0.6) is 0 Å². The third kappa shape index (κ3) is 1.61. The molecular weight excluding hydrogens is 196 g/mol. The summed E-state index contributed by atoms with van der Waals surface area (Å²) in [5.41, 5.74) is 0. The van der Waals surface area contributed by atoms with Crippen molar-refractivity contribution in [3.8, 4) is 0 Å². The van der Waals surface area contributed by atoms with Gasteiger partial charge in [0.25, 0.3) is 5.91 Å². The first kappa shape index (κ1) is 10.4. The van der Waals surface area contributed by atoms with E-state index in [0.717, 1.165) is 30.6 Å². The molecule has 1 aliphatic carbocycles. The zero-order chi connectivity index (χ0) is 11.0. The molecule has 5 nitrogen and oxygen atoms in total. The number of urea groups is 1. The van der Waals surface area contributed by atoms with E-state index in [4.69, 9.17) is 0 Å². The topological polar surface area (TPSA) is 60.9 Å². The van der Waals surface area contributed by atoms with Crippen LogP contribution in [0.25, 0.3) is 0 Å². The maximum absolute atomic E-state index is 11.7. The second kappa shape index (κ2) is 3.81. The van der Waals surface area contributed by atoms with Gasteiger partial charge in [-0.2, -0.15) is 0 Å². The van der Waals surface area contributed by atoms with Crippen LogP contribution in [-0.2, 0) is 4.79 Å². The van der Waals surface area contributed by atoms with Crippen molar-refractivity contribution in [3.63, 3.8) is 0 Å². The van der Waals surface area contributed by atoms with Crippen molar-refractivity contribution in [3.05, 3.63) is 0 Å². The SMILES string of the molecule is CN1C(=O)C(O)N(C2CCCCC2)C1=O. The predicted octanol–water partition coefficient (Wildman–Crippen LogP) is 0.531. The quantitative estimate of drug-likeness (QED) is 0.645. The lowest BCUT2D eigenvalue weighted by Crippen LogP contribution is -2.44. The van der Waals surface area contributed by atoms with Crippen molar-refractivity contribution in [2.75, 3.05) is 7.05 Å². The number of imide groups is 1. The lowest BCUT2D eigenvalue weighted by atomic mass is 9.94. The molecular formula is C10H16N2O3. The second-order valence-corrected chi connectivity index (χ2v) is 4.25. The Morgan fingerprint density at radius 3 is 2.27 bits per heavy atom. The number of nitrogens with zero attached hydrogens (tertiary/aromatic N) is 2. The highest BCUT2D eigenvalue weighted by atomic mass is 16.3. The third-order valence-electron chi connectivity index (χ3n) is 3.29. The van der Waals surface area contributed by atoms with Crippen LogP contribution in [0.1, 0.15) is 32.1 Å². The van der Waals surface area contributed by atoms with Crippen molar-refractivity contribution >= 4 is 11.9 Å². The zero-order valence-electron chi connectivity index (χ0n) is 8.85. The average molecular weight is 212 g/mol. The van der Waals surface area contributed by atoms with Gasteiger partial charge >= 0.3 is 6.03 Å². The summed E-state index contributed by atoms with van der Waals surface area (Å²) in [6.45, 7) is 0. The first-order chi connectivity index (χ1) is 7.13. The van der Waals surface area contributed by atoms with Gasteiger partial charge in [0, 0.05) is 13.1 Å². The number of aliphatic hydroxyl groups excluding tert-OH is 1. The molecule has 2 rings (SSSR count). The molecule has 3 amide bonds. The van der Waals surface area contributed by atoms with Gasteiger partial charge in [0.2, 0.25) is 6.23 Å². The summed E-state index contributed by atoms with van der Waals surface area (Å²) in [6.07, 6.45) is 3.84. The van der Waals surface area contributed by atoms with Crippen LogP contribution >= 0.6 is 0 Å². The number of hydrogen-bond donors (Lipinski definition) is 1. The largest absolute Gasteiger partial charge is 0.365 e. The molecule has 1 saturated heterocycles. The monoisotopic (exact) mass is 212 g/mol. The molecule has 1 saturated carbocycles. The van der Waals surface area contributed by atoms with Crippen molar-refractivity contribution < 1.29 is 14.7 Å². The normalized spacial score (nSPS) is 29.1. The molecule has 0 aromatic carbocycles. The molecule has 2 aliphatic rings. The van der Waals surface area contributed by atoms with E-state index < -0.39 is 12.1 Å². The minimum absolute atomic E-state index is 0.0372. The van der Waals surface area contributed by atoms with Gasteiger partial charge in [-0.05, 0) is 12.8 Å². The van der Waals surface area contributed by atoms with E-state index in [-0.39, 0.29) is 12.1 Å². The van der Waals surface area contributed by atoms with E-state index >= 15 is 0 Å². The minimum Gasteiger partial charge on any atom is -0.365 e. The number of hydrogen-bond acceptors (Lipinski definition) is 3. The minimum atomic E-state index is -1.26. The van der Waals surface area contributed by atoms with Gasteiger partial charge < -0.3 is 5.11 Å². The molecule has 84 valence electrons. The molecule has 1 N–H and O–H groups in total. The molecule has 0 bridgehead atoms. The van der Waals surface area contributed by atoms with E-state index in [9.17, 15) is 14.7 Å². The van der Waals surface area contributed by atoms with E-state index in [2.05, 4.69) is 0 Å². The Morgan fingerprint density at radius 2 is 1.80 bits per heavy atom. The fraction of sp³-hybridized carbons (Fsp3) is 0.800. The summed E-state index contributed by atoms with van der Waals surface area (Å²) in [5, 5.41) is 9.66. The van der Waals surface area contributed by atoms with E-state index in [1.54, 1.807) is 0 Å². The highest BCUT2D eigenvalue weighted by Gasteiger charge is 2.45. The molecule has 15 heavy (non-hydrogen) atoms. The van der Waals surface area contributed by atoms with Crippen LogP contribution < -0.4 is 0 Å². The number of rotatable bonds is 1.